The van der Waals surface area contributed by atoms with Crippen molar-refractivity contribution in [3.05, 3.63) is 41.9 Å². The van der Waals surface area contributed by atoms with Crippen molar-refractivity contribution >= 4 is 11.6 Å². The van der Waals surface area contributed by atoms with Crippen LogP contribution in [-0.4, -0.2) is 18.8 Å². The molecule has 1 aliphatic heterocycles. The van der Waals surface area contributed by atoms with Gasteiger partial charge in [-0.15, -0.1) is 0 Å². The zero-order valence-corrected chi connectivity index (χ0v) is 12.6. The molecule has 0 radical (unpaired) electrons. The number of hydrogen-bond donors (Lipinski definition) is 1. The van der Waals surface area contributed by atoms with E-state index in [9.17, 15) is 4.79 Å². The average molecular weight is 303 g/mol. The predicted octanol–water partition coefficient (Wildman–Crippen LogP) is 3.19. The number of methoxy groups -OCH3 is 1. The maximum atomic E-state index is 12.1. The van der Waals surface area contributed by atoms with Crippen LogP contribution in [0.2, 0.25) is 0 Å². The maximum absolute atomic E-state index is 12.1. The van der Waals surface area contributed by atoms with Gasteiger partial charge in [0.1, 0.15) is 12.4 Å². The molecule has 0 saturated carbocycles. The summed E-state index contributed by atoms with van der Waals surface area (Å²) in [6.07, 6.45) is 0. The zero-order chi connectivity index (χ0) is 15.7. The smallest absolute Gasteiger partial charge is 0.291 e. The molecule has 1 aliphatic rings. The van der Waals surface area contributed by atoms with Crippen LogP contribution in [0.1, 0.15) is 30.2 Å². The van der Waals surface area contributed by atoms with Gasteiger partial charge >= 0.3 is 0 Å². The first-order valence-electron chi connectivity index (χ1n) is 6.88. The highest BCUT2D eigenvalue weighted by molar-refractivity contribution is 6.02. The average Bonchev–Trinajstić information content (AvgIpc) is 3.01. The Labute approximate surface area is 128 Å². The number of anilines is 1. The zero-order valence-electron chi connectivity index (χ0n) is 12.6. The van der Waals surface area contributed by atoms with Crippen molar-refractivity contribution in [3.8, 4) is 11.5 Å². The third-order valence-electron chi connectivity index (χ3n) is 3.09. The van der Waals surface area contributed by atoms with Crippen LogP contribution in [0, 0.1) is 0 Å². The third-order valence-corrected chi connectivity index (χ3v) is 3.09. The Morgan fingerprint density at radius 3 is 2.73 bits per heavy atom. The highest BCUT2D eigenvalue weighted by Crippen LogP contribution is 2.40. The fourth-order valence-corrected chi connectivity index (χ4v) is 2.21. The quantitative estimate of drug-likeness (QED) is 0.939. The van der Waals surface area contributed by atoms with Gasteiger partial charge in [-0.1, -0.05) is 0 Å². The van der Waals surface area contributed by atoms with E-state index in [-0.39, 0.29) is 11.7 Å². The molecule has 0 aliphatic carbocycles. The number of ether oxygens (including phenoxy) is 3. The summed E-state index contributed by atoms with van der Waals surface area (Å²) >= 11 is 0. The number of amides is 1. The Balaban J connectivity index is 1.72. The molecule has 6 heteroatoms. The van der Waals surface area contributed by atoms with Crippen LogP contribution in [-0.2, 0) is 11.3 Å². The van der Waals surface area contributed by atoms with E-state index in [1.165, 1.54) is 0 Å². The van der Waals surface area contributed by atoms with Gasteiger partial charge in [0.2, 0.25) is 5.79 Å². The van der Waals surface area contributed by atoms with Crippen LogP contribution in [0.4, 0.5) is 5.69 Å². The summed E-state index contributed by atoms with van der Waals surface area (Å²) < 4.78 is 21.6. The van der Waals surface area contributed by atoms with Crippen LogP contribution in [0.25, 0.3) is 0 Å². The molecule has 2 aromatic rings. The first kappa shape index (κ1) is 14.5. The van der Waals surface area contributed by atoms with Crippen LogP contribution in [0.5, 0.6) is 11.5 Å². The van der Waals surface area contributed by atoms with Gasteiger partial charge in [-0.3, -0.25) is 4.79 Å². The molecule has 22 heavy (non-hydrogen) atoms. The molecule has 1 aromatic heterocycles. The van der Waals surface area contributed by atoms with Crippen LogP contribution in [0.15, 0.2) is 34.7 Å². The molecular formula is C16H17NO5. The molecule has 0 unspecified atom stereocenters. The minimum atomic E-state index is -0.693. The van der Waals surface area contributed by atoms with Gasteiger partial charge in [0.05, 0.1) is 0 Å². The summed E-state index contributed by atoms with van der Waals surface area (Å²) in [6.45, 7) is 3.98. The fourth-order valence-electron chi connectivity index (χ4n) is 2.21. The van der Waals surface area contributed by atoms with Gasteiger partial charge in [-0.25, -0.2) is 0 Å². The molecule has 1 aromatic carbocycles. The Bertz CT molecular complexity index is 704. The summed E-state index contributed by atoms with van der Waals surface area (Å²) in [6, 6.07) is 8.56. The van der Waals surface area contributed by atoms with E-state index in [0.717, 1.165) is 0 Å². The normalized spacial score (nSPS) is 14.9. The monoisotopic (exact) mass is 303 g/mol. The van der Waals surface area contributed by atoms with Crippen molar-refractivity contribution in [2.24, 2.45) is 0 Å². The Hall–Kier alpha value is -2.47. The van der Waals surface area contributed by atoms with Gasteiger partial charge in [0.15, 0.2) is 17.3 Å². The molecule has 0 saturated heterocycles. The van der Waals surface area contributed by atoms with Crippen LogP contribution >= 0.6 is 0 Å². The summed E-state index contributed by atoms with van der Waals surface area (Å²) in [5.41, 5.74) is 0.606. The van der Waals surface area contributed by atoms with Crippen molar-refractivity contribution in [1.29, 1.82) is 0 Å². The van der Waals surface area contributed by atoms with E-state index in [1.807, 2.05) is 13.8 Å². The molecule has 116 valence electrons. The lowest BCUT2D eigenvalue weighted by atomic mass is 10.2. The number of benzene rings is 1. The second-order valence-corrected chi connectivity index (χ2v) is 5.42. The molecule has 6 nitrogen and oxygen atoms in total. The minimum absolute atomic E-state index is 0.227. The van der Waals surface area contributed by atoms with E-state index < -0.39 is 5.79 Å². The van der Waals surface area contributed by atoms with Crippen molar-refractivity contribution < 1.29 is 23.4 Å². The Kier molecular flexibility index (Phi) is 3.54. The fraction of sp³-hybridized carbons (Fsp3) is 0.312. The van der Waals surface area contributed by atoms with Gasteiger partial charge in [0.25, 0.3) is 5.91 Å². The summed E-state index contributed by atoms with van der Waals surface area (Å²) in [7, 11) is 1.57. The van der Waals surface area contributed by atoms with E-state index in [4.69, 9.17) is 18.6 Å². The number of fused-ring (bicyclic) bond motifs is 1. The molecule has 0 spiro atoms. The molecule has 0 atom stereocenters. The molecule has 0 bridgehead atoms. The summed E-state index contributed by atoms with van der Waals surface area (Å²) in [4.78, 5) is 12.1. The molecular weight excluding hydrogens is 286 g/mol. The topological polar surface area (TPSA) is 69.9 Å². The molecule has 0 fully saturated rings. The van der Waals surface area contributed by atoms with Crippen molar-refractivity contribution in [2.75, 3.05) is 12.4 Å². The van der Waals surface area contributed by atoms with Gasteiger partial charge in [-0.05, 0) is 24.3 Å². The molecule has 2 heterocycles. The van der Waals surface area contributed by atoms with Crippen LogP contribution in [0.3, 0.4) is 0 Å². The van der Waals surface area contributed by atoms with Crippen molar-refractivity contribution in [1.82, 2.24) is 0 Å². The lowest BCUT2D eigenvalue weighted by molar-refractivity contribution is -0.0431. The number of rotatable bonds is 4. The number of furan rings is 1. The number of nitrogens with one attached hydrogen (secondary N) is 1. The molecule has 3 rings (SSSR count). The lowest BCUT2D eigenvalue weighted by Gasteiger charge is -2.16. The Morgan fingerprint density at radius 2 is 1.95 bits per heavy atom. The van der Waals surface area contributed by atoms with Gasteiger partial charge in [-0.2, -0.15) is 0 Å². The largest absolute Gasteiger partial charge is 0.453 e. The summed E-state index contributed by atoms with van der Waals surface area (Å²) in [5.74, 6) is 1.05. The Morgan fingerprint density at radius 1 is 1.18 bits per heavy atom. The second kappa shape index (κ2) is 5.38. The van der Waals surface area contributed by atoms with Crippen molar-refractivity contribution in [3.63, 3.8) is 0 Å². The first-order chi connectivity index (χ1) is 10.5. The SMILES string of the molecule is COCc1ccc(C(=O)Nc2ccc3c(c2)OC(C)(C)O3)o1. The highest BCUT2D eigenvalue weighted by atomic mass is 16.7. The standard InChI is InChI=1S/C16H17NO5/c1-16(2)21-12-6-4-10(8-14(12)22-16)17-15(18)13-7-5-11(20-13)9-19-3/h4-8H,9H2,1-3H3,(H,17,18). The number of carbonyl (C=O) groups excluding carboxylic acids is 1. The van der Waals surface area contributed by atoms with Gasteiger partial charge < -0.3 is 23.9 Å². The lowest BCUT2D eigenvalue weighted by Crippen LogP contribution is -2.29. The molecule has 1 amide bonds. The van der Waals surface area contributed by atoms with Crippen LogP contribution < -0.4 is 14.8 Å². The minimum Gasteiger partial charge on any atom is -0.453 e. The van der Waals surface area contributed by atoms with E-state index in [2.05, 4.69) is 5.32 Å². The van der Waals surface area contributed by atoms with E-state index in [0.29, 0.717) is 29.6 Å². The third kappa shape index (κ3) is 2.92. The predicted molar refractivity (Wildman–Crippen MR) is 79.2 cm³/mol. The first-order valence-corrected chi connectivity index (χ1v) is 6.88. The van der Waals surface area contributed by atoms with E-state index >= 15 is 0 Å². The number of carbonyl (C=O) groups is 1. The highest BCUT2D eigenvalue weighted by Gasteiger charge is 2.31. The van der Waals surface area contributed by atoms with Crippen molar-refractivity contribution in [2.45, 2.75) is 26.2 Å². The summed E-state index contributed by atoms with van der Waals surface area (Å²) in [5, 5.41) is 2.76. The molecule has 1 N–H and O–H groups in total. The van der Waals surface area contributed by atoms with E-state index in [1.54, 1.807) is 37.4 Å². The van der Waals surface area contributed by atoms with Gasteiger partial charge in [0, 0.05) is 32.7 Å². The maximum Gasteiger partial charge on any atom is 0.291 e. The number of hydrogen-bond acceptors (Lipinski definition) is 5. The second-order valence-electron chi connectivity index (χ2n) is 5.42.